The minimum absolute atomic E-state index is 0.280. The van der Waals surface area contributed by atoms with E-state index in [4.69, 9.17) is 4.74 Å². The highest BCUT2D eigenvalue weighted by Crippen LogP contribution is 2.23. The summed E-state index contributed by atoms with van der Waals surface area (Å²) in [6, 6.07) is 5.00. The summed E-state index contributed by atoms with van der Waals surface area (Å²) in [5, 5.41) is 0. The van der Waals surface area contributed by atoms with Gasteiger partial charge in [0, 0.05) is 0 Å². The van der Waals surface area contributed by atoms with Crippen molar-refractivity contribution in [1.82, 2.24) is 0 Å². The first-order valence-corrected chi connectivity index (χ1v) is 4.47. The molecule has 5 heteroatoms. The molecule has 1 rings (SSSR count). The van der Waals surface area contributed by atoms with Gasteiger partial charge in [0.25, 0.3) is 0 Å². The Kier molecular flexibility index (Phi) is 3.45. The lowest BCUT2D eigenvalue weighted by molar-refractivity contribution is 0.411. The highest BCUT2D eigenvalue weighted by Gasteiger charge is 2.17. The fourth-order valence-corrected chi connectivity index (χ4v) is 1.25. The normalized spacial score (nSPS) is 12.1. The highest BCUT2D eigenvalue weighted by molar-refractivity contribution is 6.64. The van der Waals surface area contributed by atoms with E-state index in [9.17, 15) is 12.9 Å². The van der Waals surface area contributed by atoms with Crippen molar-refractivity contribution in [3.8, 4) is 5.75 Å². The number of hydrogen-bond donors (Lipinski definition) is 0. The first-order valence-electron chi connectivity index (χ1n) is 4.47. The van der Waals surface area contributed by atoms with Gasteiger partial charge in [-0.2, -0.15) is 0 Å². The molecule has 0 N–H and O–H groups in total. The molecule has 1 nitrogen and oxygen atoms in total. The smallest absolute Gasteiger partial charge is 0.496 e. The van der Waals surface area contributed by atoms with Crippen LogP contribution in [-0.4, -0.2) is 14.1 Å². The standard InChI is InChI=1S/C10H11BF3O/c1-8-9(6-7-11(12,13)14)4-3-5-10(8)15-2/h3-7H,1-2H3/q-1/b7-6+. The number of halogens is 3. The fourth-order valence-electron chi connectivity index (χ4n) is 1.25. The molecule has 0 unspecified atom stereocenters. The van der Waals surface area contributed by atoms with E-state index in [1.165, 1.54) is 7.11 Å². The second-order valence-corrected chi connectivity index (χ2v) is 3.16. The third kappa shape index (κ3) is 3.34. The van der Waals surface area contributed by atoms with E-state index in [1.807, 2.05) is 0 Å². The van der Waals surface area contributed by atoms with Gasteiger partial charge in [-0.3, -0.25) is 0 Å². The van der Waals surface area contributed by atoms with Gasteiger partial charge in [0.2, 0.25) is 0 Å². The number of ether oxygens (including phenoxy) is 1. The van der Waals surface area contributed by atoms with Crippen LogP contribution >= 0.6 is 0 Å². The Morgan fingerprint density at radius 1 is 1.27 bits per heavy atom. The van der Waals surface area contributed by atoms with Gasteiger partial charge in [0.05, 0.1) is 7.11 Å². The van der Waals surface area contributed by atoms with Crippen LogP contribution in [0.3, 0.4) is 0 Å². The monoisotopic (exact) mass is 215 g/mol. The molecule has 0 aliphatic carbocycles. The maximum Gasteiger partial charge on any atom is 0.502 e. The van der Waals surface area contributed by atoms with Crippen molar-refractivity contribution < 1.29 is 17.7 Å². The first kappa shape index (κ1) is 11.7. The summed E-state index contributed by atoms with van der Waals surface area (Å²) >= 11 is 0. The Morgan fingerprint density at radius 3 is 2.47 bits per heavy atom. The highest BCUT2D eigenvalue weighted by atomic mass is 19.4. The third-order valence-corrected chi connectivity index (χ3v) is 2.04. The van der Waals surface area contributed by atoms with Gasteiger partial charge in [0.1, 0.15) is 5.75 Å². The van der Waals surface area contributed by atoms with Crippen molar-refractivity contribution in [3.63, 3.8) is 0 Å². The van der Waals surface area contributed by atoms with Crippen LogP contribution in [0.1, 0.15) is 11.1 Å². The lowest BCUT2D eigenvalue weighted by atomic mass is 9.90. The number of hydrogen-bond acceptors (Lipinski definition) is 1. The Balaban J connectivity index is 3.01. The first-order chi connectivity index (χ1) is 6.94. The lowest BCUT2D eigenvalue weighted by Gasteiger charge is -2.09. The Morgan fingerprint density at radius 2 is 1.93 bits per heavy atom. The van der Waals surface area contributed by atoms with E-state index in [1.54, 1.807) is 25.1 Å². The molecule has 0 saturated heterocycles. The molecule has 0 aliphatic heterocycles. The van der Waals surface area contributed by atoms with Crippen molar-refractivity contribution in [3.05, 3.63) is 35.3 Å². The van der Waals surface area contributed by atoms with Crippen molar-refractivity contribution in [2.24, 2.45) is 0 Å². The molecule has 0 spiro atoms. The van der Waals surface area contributed by atoms with Gasteiger partial charge in [-0.15, -0.1) is 5.98 Å². The fraction of sp³-hybridized carbons (Fsp3) is 0.200. The molecule has 0 atom stereocenters. The van der Waals surface area contributed by atoms with Crippen molar-refractivity contribution in [1.29, 1.82) is 0 Å². The van der Waals surface area contributed by atoms with Crippen LogP contribution in [0.4, 0.5) is 12.9 Å². The molecule has 15 heavy (non-hydrogen) atoms. The second kappa shape index (κ2) is 4.42. The quantitative estimate of drug-likeness (QED) is 0.702. The third-order valence-electron chi connectivity index (χ3n) is 2.04. The summed E-state index contributed by atoms with van der Waals surface area (Å²) in [6.45, 7) is -3.16. The van der Waals surface area contributed by atoms with Crippen LogP contribution < -0.4 is 4.74 Å². The minimum atomic E-state index is -4.88. The van der Waals surface area contributed by atoms with Crippen LogP contribution in [0, 0.1) is 6.92 Å². The van der Waals surface area contributed by atoms with E-state index < -0.39 is 6.98 Å². The summed E-state index contributed by atoms with van der Waals surface area (Å²) in [5.74, 6) is 0.869. The van der Waals surface area contributed by atoms with E-state index in [2.05, 4.69) is 0 Å². The number of benzene rings is 1. The topological polar surface area (TPSA) is 9.23 Å². The average Bonchev–Trinajstić information content (AvgIpc) is 2.15. The maximum atomic E-state index is 12.0. The molecule has 0 heterocycles. The molecule has 0 amide bonds. The predicted octanol–water partition coefficient (Wildman–Crippen LogP) is 3.40. The molecule has 0 aromatic heterocycles. The molecule has 82 valence electrons. The van der Waals surface area contributed by atoms with E-state index in [-0.39, 0.29) is 5.98 Å². The molecular weight excluding hydrogens is 204 g/mol. The van der Waals surface area contributed by atoms with Crippen LogP contribution in [0.5, 0.6) is 5.75 Å². The van der Waals surface area contributed by atoms with E-state index in [0.29, 0.717) is 16.9 Å². The Bertz CT molecular complexity index is 371. The van der Waals surface area contributed by atoms with Crippen LogP contribution in [-0.2, 0) is 0 Å². The van der Waals surface area contributed by atoms with Crippen molar-refractivity contribution >= 4 is 13.1 Å². The molecule has 1 aromatic carbocycles. The van der Waals surface area contributed by atoms with Gasteiger partial charge in [0.15, 0.2) is 0 Å². The SMILES string of the molecule is COc1cccc(/C=C/[B-](F)(F)F)c1C. The average molecular weight is 215 g/mol. The van der Waals surface area contributed by atoms with Crippen LogP contribution in [0.25, 0.3) is 6.08 Å². The van der Waals surface area contributed by atoms with Crippen molar-refractivity contribution in [2.45, 2.75) is 6.92 Å². The Labute approximate surface area is 86.6 Å². The maximum absolute atomic E-state index is 12.0. The summed E-state index contributed by atoms with van der Waals surface area (Å²) in [5.41, 5.74) is 1.23. The zero-order chi connectivity index (χ0) is 11.5. The van der Waals surface area contributed by atoms with Gasteiger partial charge in [-0.1, -0.05) is 18.2 Å². The summed E-state index contributed by atoms with van der Waals surface area (Å²) in [7, 11) is 1.49. The second-order valence-electron chi connectivity index (χ2n) is 3.16. The number of rotatable bonds is 3. The summed E-state index contributed by atoms with van der Waals surface area (Å²) in [6.07, 6.45) is 1.07. The van der Waals surface area contributed by atoms with Gasteiger partial charge in [-0.25, -0.2) is 0 Å². The van der Waals surface area contributed by atoms with Crippen molar-refractivity contribution in [2.75, 3.05) is 7.11 Å². The zero-order valence-electron chi connectivity index (χ0n) is 8.51. The molecule has 0 fully saturated rings. The van der Waals surface area contributed by atoms with Gasteiger partial charge >= 0.3 is 6.98 Å². The van der Waals surface area contributed by atoms with Gasteiger partial charge in [-0.05, 0) is 24.1 Å². The molecular formula is C10H11BF3O-. The molecule has 0 bridgehead atoms. The van der Waals surface area contributed by atoms with E-state index in [0.717, 1.165) is 6.08 Å². The summed E-state index contributed by atoms with van der Waals surface area (Å²) < 4.78 is 41.0. The van der Waals surface area contributed by atoms with Crippen LogP contribution in [0.15, 0.2) is 24.2 Å². The largest absolute Gasteiger partial charge is 0.502 e. The lowest BCUT2D eigenvalue weighted by Crippen LogP contribution is -2.09. The molecule has 0 saturated carbocycles. The molecule has 0 radical (unpaired) electrons. The number of methoxy groups -OCH3 is 1. The van der Waals surface area contributed by atoms with E-state index >= 15 is 0 Å². The summed E-state index contributed by atoms with van der Waals surface area (Å²) in [4.78, 5) is 0. The Hall–Kier alpha value is -1.39. The predicted molar refractivity (Wildman–Crippen MR) is 55.8 cm³/mol. The minimum Gasteiger partial charge on any atom is -0.496 e. The molecule has 1 aromatic rings. The zero-order valence-corrected chi connectivity index (χ0v) is 8.51. The van der Waals surface area contributed by atoms with Gasteiger partial charge < -0.3 is 17.7 Å². The molecule has 0 aliphatic rings. The van der Waals surface area contributed by atoms with Crippen LogP contribution in [0.2, 0.25) is 0 Å².